The van der Waals surface area contributed by atoms with Gasteiger partial charge < -0.3 is 4.90 Å². The van der Waals surface area contributed by atoms with Gasteiger partial charge in [-0.2, -0.15) is 0 Å². The molecule has 0 unspecified atom stereocenters. The van der Waals surface area contributed by atoms with Gasteiger partial charge in [0.25, 0.3) is 5.56 Å². The average Bonchev–Trinajstić information content (AvgIpc) is 3.24. The van der Waals surface area contributed by atoms with Gasteiger partial charge in [-0.25, -0.2) is 4.79 Å². The summed E-state index contributed by atoms with van der Waals surface area (Å²) in [5, 5.41) is 0. The van der Waals surface area contributed by atoms with Crippen LogP contribution in [0.15, 0.2) is 64.2 Å². The third-order valence-corrected chi connectivity index (χ3v) is 5.27. The first-order valence-electron chi connectivity index (χ1n) is 9.35. The second-order valence-corrected chi connectivity index (χ2v) is 7.02. The van der Waals surface area contributed by atoms with E-state index in [2.05, 4.69) is 34.1 Å². The molecule has 0 atom stereocenters. The lowest BCUT2D eigenvalue weighted by atomic mass is 9.95. The van der Waals surface area contributed by atoms with Crippen molar-refractivity contribution in [2.45, 2.75) is 19.3 Å². The second-order valence-electron chi connectivity index (χ2n) is 7.02. The largest absolute Gasteiger partial charge is 0.358 e. The number of anilines is 1. The van der Waals surface area contributed by atoms with Crippen LogP contribution in [0.25, 0.3) is 11.1 Å². The van der Waals surface area contributed by atoms with Crippen LogP contribution in [0.5, 0.6) is 0 Å². The summed E-state index contributed by atoms with van der Waals surface area (Å²) in [7, 11) is 1.53. The van der Waals surface area contributed by atoms with E-state index in [0.29, 0.717) is 17.8 Å². The van der Waals surface area contributed by atoms with Gasteiger partial charge in [0, 0.05) is 26.6 Å². The quantitative estimate of drug-likeness (QED) is 0.777. The highest BCUT2D eigenvalue weighted by Crippen LogP contribution is 2.27. The number of hydrogen-bond acceptors (Lipinski definition) is 3. The number of H-pyrrole nitrogens is 1. The fourth-order valence-electron chi connectivity index (χ4n) is 3.79. The van der Waals surface area contributed by atoms with Crippen LogP contribution in [0.3, 0.4) is 0 Å². The van der Waals surface area contributed by atoms with Crippen LogP contribution in [0.2, 0.25) is 0 Å². The topological polar surface area (TPSA) is 58.1 Å². The predicted octanol–water partition coefficient (Wildman–Crippen LogP) is 2.93. The molecule has 0 radical (unpaired) electrons. The van der Waals surface area contributed by atoms with E-state index < -0.39 is 0 Å². The molecule has 0 amide bonds. The zero-order valence-corrected chi connectivity index (χ0v) is 15.4. The first-order valence-corrected chi connectivity index (χ1v) is 9.35. The summed E-state index contributed by atoms with van der Waals surface area (Å²) < 4.78 is 1.17. The SMILES string of the molecule is Cn1c(=O)[nH]c(N2CCCC2)c(Cc2ccccc2-c2ccccc2)c1=O. The number of hydrogen-bond donors (Lipinski definition) is 1. The van der Waals surface area contributed by atoms with Gasteiger partial charge in [0.15, 0.2) is 0 Å². The zero-order chi connectivity index (χ0) is 18.8. The highest BCUT2D eigenvalue weighted by Gasteiger charge is 2.21. The summed E-state index contributed by atoms with van der Waals surface area (Å²) >= 11 is 0. The summed E-state index contributed by atoms with van der Waals surface area (Å²) in [6.45, 7) is 1.74. The van der Waals surface area contributed by atoms with E-state index in [1.165, 1.54) is 11.6 Å². The van der Waals surface area contributed by atoms with E-state index in [4.69, 9.17) is 0 Å². The van der Waals surface area contributed by atoms with Crippen molar-refractivity contribution in [3.8, 4) is 11.1 Å². The van der Waals surface area contributed by atoms with E-state index in [1.54, 1.807) is 0 Å². The van der Waals surface area contributed by atoms with Crippen molar-refractivity contribution in [3.05, 3.63) is 86.6 Å². The summed E-state index contributed by atoms with van der Waals surface area (Å²) in [4.78, 5) is 30.2. The minimum Gasteiger partial charge on any atom is -0.358 e. The monoisotopic (exact) mass is 361 g/mol. The van der Waals surface area contributed by atoms with Gasteiger partial charge in [-0.1, -0.05) is 54.6 Å². The van der Waals surface area contributed by atoms with Gasteiger partial charge in [-0.05, 0) is 29.5 Å². The van der Waals surface area contributed by atoms with Crippen LogP contribution in [0.1, 0.15) is 24.0 Å². The molecule has 4 rings (SSSR count). The molecule has 0 bridgehead atoms. The standard InChI is InChI=1S/C22H23N3O2/c1-24-21(26)19(20(23-22(24)27)25-13-7-8-14-25)15-17-11-5-6-12-18(17)16-9-3-2-4-10-16/h2-6,9-12H,7-8,13-15H2,1H3,(H,23,27). The van der Waals surface area contributed by atoms with E-state index in [0.717, 1.165) is 42.6 Å². The van der Waals surface area contributed by atoms with Crippen LogP contribution in [0.4, 0.5) is 5.82 Å². The molecule has 5 heteroatoms. The maximum atomic E-state index is 12.9. The molecular formula is C22H23N3O2. The average molecular weight is 361 g/mol. The molecule has 1 aliphatic heterocycles. The molecule has 2 heterocycles. The van der Waals surface area contributed by atoms with Crippen LogP contribution < -0.4 is 16.1 Å². The van der Waals surface area contributed by atoms with Gasteiger partial charge in [0.1, 0.15) is 5.82 Å². The predicted molar refractivity (Wildman–Crippen MR) is 108 cm³/mol. The van der Waals surface area contributed by atoms with Gasteiger partial charge in [0.2, 0.25) is 0 Å². The Bertz CT molecular complexity index is 1060. The lowest BCUT2D eigenvalue weighted by Gasteiger charge is -2.21. The van der Waals surface area contributed by atoms with Crippen molar-refractivity contribution in [2.75, 3.05) is 18.0 Å². The minimum absolute atomic E-state index is 0.219. The lowest BCUT2D eigenvalue weighted by molar-refractivity contribution is 0.745. The molecule has 3 aromatic rings. The summed E-state index contributed by atoms with van der Waals surface area (Å²) in [6, 6.07) is 18.3. The second kappa shape index (κ2) is 7.27. The normalized spacial score (nSPS) is 13.9. The molecule has 138 valence electrons. The maximum Gasteiger partial charge on any atom is 0.329 e. The molecule has 1 aromatic heterocycles. The molecular weight excluding hydrogens is 338 g/mol. The molecule has 0 saturated carbocycles. The van der Waals surface area contributed by atoms with Crippen molar-refractivity contribution in [1.82, 2.24) is 9.55 Å². The molecule has 5 nitrogen and oxygen atoms in total. The highest BCUT2D eigenvalue weighted by molar-refractivity contribution is 5.68. The fraction of sp³-hybridized carbons (Fsp3) is 0.273. The summed E-state index contributed by atoms with van der Waals surface area (Å²) in [5.41, 5.74) is 3.39. The number of nitrogens with one attached hydrogen (secondary N) is 1. The number of aromatic nitrogens is 2. The van der Waals surface area contributed by atoms with Crippen LogP contribution in [0, 0.1) is 0 Å². The summed E-state index contributed by atoms with van der Waals surface area (Å²) in [5.74, 6) is 0.684. The van der Waals surface area contributed by atoms with Crippen molar-refractivity contribution in [1.29, 1.82) is 0 Å². The Morgan fingerprint density at radius 2 is 1.59 bits per heavy atom. The van der Waals surface area contributed by atoms with Crippen molar-refractivity contribution in [3.63, 3.8) is 0 Å². The number of aromatic amines is 1. The first kappa shape index (κ1) is 17.3. The van der Waals surface area contributed by atoms with Gasteiger partial charge in [-0.3, -0.25) is 14.3 Å². The van der Waals surface area contributed by atoms with Crippen LogP contribution in [-0.4, -0.2) is 22.6 Å². The Kier molecular flexibility index (Phi) is 4.67. The van der Waals surface area contributed by atoms with E-state index in [-0.39, 0.29) is 11.2 Å². The van der Waals surface area contributed by atoms with E-state index in [9.17, 15) is 9.59 Å². The lowest BCUT2D eigenvalue weighted by Crippen LogP contribution is -2.38. The first-order chi connectivity index (χ1) is 13.1. The molecule has 1 aliphatic rings. The van der Waals surface area contributed by atoms with Crippen molar-refractivity contribution in [2.24, 2.45) is 7.05 Å². The van der Waals surface area contributed by atoms with Gasteiger partial charge in [-0.15, -0.1) is 0 Å². The molecule has 1 fully saturated rings. The third kappa shape index (κ3) is 3.33. The smallest absolute Gasteiger partial charge is 0.329 e. The number of benzene rings is 2. The molecule has 27 heavy (non-hydrogen) atoms. The zero-order valence-electron chi connectivity index (χ0n) is 15.4. The molecule has 1 saturated heterocycles. The van der Waals surface area contributed by atoms with Crippen LogP contribution in [-0.2, 0) is 13.5 Å². The van der Waals surface area contributed by atoms with Crippen molar-refractivity contribution < 1.29 is 0 Å². The Morgan fingerprint density at radius 1 is 0.926 bits per heavy atom. The van der Waals surface area contributed by atoms with Gasteiger partial charge in [0.05, 0.1) is 5.56 Å². The number of rotatable bonds is 4. The summed E-state index contributed by atoms with van der Waals surface area (Å²) in [6.07, 6.45) is 2.65. The number of nitrogens with zero attached hydrogens (tertiary/aromatic N) is 2. The molecule has 1 N–H and O–H groups in total. The molecule has 0 aliphatic carbocycles. The fourth-order valence-corrected chi connectivity index (χ4v) is 3.79. The Morgan fingerprint density at radius 3 is 2.33 bits per heavy atom. The Balaban J connectivity index is 1.83. The minimum atomic E-state index is -0.359. The molecule has 2 aromatic carbocycles. The maximum absolute atomic E-state index is 12.9. The van der Waals surface area contributed by atoms with Crippen molar-refractivity contribution >= 4 is 5.82 Å². The molecule has 0 spiro atoms. The van der Waals surface area contributed by atoms with Gasteiger partial charge >= 0.3 is 5.69 Å². The Hall–Kier alpha value is -3.08. The third-order valence-electron chi connectivity index (χ3n) is 5.27. The van der Waals surface area contributed by atoms with Crippen LogP contribution >= 0.6 is 0 Å². The highest BCUT2D eigenvalue weighted by atomic mass is 16.2. The van der Waals surface area contributed by atoms with E-state index >= 15 is 0 Å². The van der Waals surface area contributed by atoms with E-state index in [1.807, 2.05) is 30.3 Å². The Labute approximate surface area is 157 Å².